The topological polar surface area (TPSA) is 72.9 Å². The number of ether oxygens (including phenoxy) is 2. The van der Waals surface area contributed by atoms with Crippen LogP contribution in [0.4, 0.5) is 4.79 Å². The number of nitrogens with zero attached hydrogens (tertiary/aromatic N) is 1. The lowest BCUT2D eigenvalue weighted by Gasteiger charge is -2.19. The number of thioether (sulfide) groups is 1. The van der Waals surface area contributed by atoms with Crippen molar-refractivity contribution in [2.24, 2.45) is 0 Å². The summed E-state index contributed by atoms with van der Waals surface area (Å²) in [6.45, 7) is 7.16. The highest BCUT2D eigenvalue weighted by Gasteiger charge is 2.41. The van der Waals surface area contributed by atoms with Gasteiger partial charge in [-0.15, -0.1) is 0 Å². The Morgan fingerprint density at radius 3 is 2.56 bits per heavy atom. The van der Waals surface area contributed by atoms with Gasteiger partial charge in [-0.1, -0.05) is 18.2 Å². The Kier molecular flexibility index (Phi) is 6.25. The van der Waals surface area contributed by atoms with Gasteiger partial charge in [-0.3, -0.25) is 14.5 Å². The molecule has 1 fully saturated rings. The average Bonchev–Trinajstić information content (AvgIpc) is 2.82. The van der Waals surface area contributed by atoms with Gasteiger partial charge in [0.1, 0.15) is 11.8 Å². The quantitative estimate of drug-likeness (QED) is 0.569. The number of rotatable bonds is 6. The van der Waals surface area contributed by atoms with Crippen LogP contribution in [0, 0.1) is 0 Å². The molecule has 6 nitrogen and oxygen atoms in total. The zero-order valence-corrected chi connectivity index (χ0v) is 15.5. The van der Waals surface area contributed by atoms with Crippen LogP contribution >= 0.6 is 11.8 Å². The first-order chi connectivity index (χ1) is 11.8. The maximum absolute atomic E-state index is 12.6. The van der Waals surface area contributed by atoms with Crippen LogP contribution in [0.15, 0.2) is 29.2 Å². The third-order valence-corrected chi connectivity index (χ3v) is 4.29. The van der Waals surface area contributed by atoms with Crippen LogP contribution in [0.5, 0.6) is 5.75 Å². The van der Waals surface area contributed by atoms with Crippen molar-refractivity contribution >= 4 is 35.0 Å². The van der Waals surface area contributed by atoms with Crippen LogP contribution in [0.3, 0.4) is 0 Å². The highest BCUT2D eigenvalue weighted by Crippen LogP contribution is 2.35. The van der Waals surface area contributed by atoms with Gasteiger partial charge < -0.3 is 9.47 Å². The number of amides is 2. The summed E-state index contributed by atoms with van der Waals surface area (Å²) in [4.78, 5) is 37.8. The molecule has 0 radical (unpaired) electrons. The fourth-order valence-corrected chi connectivity index (χ4v) is 3.18. The molecule has 1 heterocycles. The SMILES string of the molecule is CCOC(=O)C(C)N1C(=O)S/C(=C/c2ccccc2OC(C)C)C1=O. The third kappa shape index (κ3) is 4.42. The van der Waals surface area contributed by atoms with Crippen LogP contribution in [0.25, 0.3) is 6.08 Å². The minimum absolute atomic E-state index is 0.0200. The molecular weight excluding hydrogens is 342 g/mol. The van der Waals surface area contributed by atoms with E-state index in [0.29, 0.717) is 11.3 Å². The zero-order valence-electron chi connectivity index (χ0n) is 14.6. The van der Waals surface area contributed by atoms with Crippen molar-refractivity contribution in [3.8, 4) is 5.75 Å². The summed E-state index contributed by atoms with van der Waals surface area (Å²) in [7, 11) is 0. The maximum Gasteiger partial charge on any atom is 0.329 e. The summed E-state index contributed by atoms with van der Waals surface area (Å²) in [6, 6.07) is 6.31. The molecule has 0 saturated carbocycles. The standard InChI is InChI=1S/C18H21NO5S/c1-5-23-17(21)12(4)19-16(20)15(25-18(19)22)10-13-8-6-7-9-14(13)24-11(2)3/h6-12H,5H2,1-4H3/b15-10+. The maximum atomic E-state index is 12.6. The van der Waals surface area contributed by atoms with Crippen LogP contribution < -0.4 is 4.74 Å². The zero-order chi connectivity index (χ0) is 18.6. The van der Waals surface area contributed by atoms with Gasteiger partial charge in [0.15, 0.2) is 0 Å². The minimum atomic E-state index is -0.958. The van der Waals surface area contributed by atoms with Crippen molar-refractivity contribution in [1.29, 1.82) is 0 Å². The number of carbonyl (C=O) groups is 3. The van der Waals surface area contributed by atoms with Crippen molar-refractivity contribution in [2.45, 2.75) is 39.8 Å². The van der Waals surface area contributed by atoms with Gasteiger partial charge >= 0.3 is 5.97 Å². The van der Waals surface area contributed by atoms with Gasteiger partial charge in [0, 0.05) is 5.56 Å². The molecule has 7 heteroatoms. The number of para-hydroxylation sites is 1. The first-order valence-corrected chi connectivity index (χ1v) is 8.86. The van der Waals surface area contributed by atoms with E-state index < -0.39 is 23.2 Å². The highest BCUT2D eigenvalue weighted by molar-refractivity contribution is 8.18. The van der Waals surface area contributed by atoms with Gasteiger partial charge in [-0.05, 0) is 51.6 Å². The van der Waals surface area contributed by atoms with Crippen molar-refractivity contribution in [1.82, 2.24) is 4.90 Å². The van der Waals surface area contributed by atoms with E-state index in [1.165, 1.54) is 6.92 Å². The van der Waals surface area contributed by atoms with Gasteiger partial charge in [-0.25, -0.2) is 4.79 Å². The lowest BCUT2D eigenvalue weighted by Crippen LogP contribution is -2.42. The Balaban J connectivity index is 2.28. The minimum Gasteiger partial charge on any atom is -0.490 e. The van der Waals surface area contributed by atoms with Crippen LogP contribution in [0.1, 0.15) is 33.3 Å². The lowest BCUT2D eigenvalue weighted by atomic mass is 10.1. The third-order valence-electron chi connectivity index (χ3n) is 3.41. The van der Waals surface area contributed by atoms with E-state index in [9.17, 15) is 14.4 Å². The summed E-state index contributed by atoms with van der Waals surface area (Å²) in [5.74, 6) is -0.479. The van der Waals surface area contributed by atoms with Crippen molar-refractivity contribution in [3.63, 3.8) is 0 Å². The van der Waals surface area contributed by atoms with Gasteiger partial charge in [0.05, 0.1) is 17.6 Å². The van der Waals surface area contributed by atoms with Crippen molar-refractivity contribution in [3.05, 3.63) is 34.7 Å². The Morgan fingerprint density at radius 1 is 1.24 bits per heavy atom. The average molecular weight is 363 g/mol. The molecule has 0 aromatic heterocycles. The molecule has 2 amide bonds. The second-order valence-electron chi connectivity index (χ2n) is 5.68. The molecule has 134 valence electrons. The fraction of sp³-hybridized carbons (Fsp3) is 0.389. The van der Waals surface area contributed by atoms with E-state index in [4.69, 9.17) is 9.47 Å². The summed E-state index contributed by atoms with van der Waals surface area (Å²) in [5.41, 5.74) is 0.700. The smallest absolute Gasteiger partial charge is 0.329 e. The van der Waals surface area contributed by atoms with E-state index in [0.717, 1.165) is 16.7 Å². The van der Waals surface area contributed by atoms with Crippen LogP contribution in [0.2, 0.25) is 0 Å². The van der Waals surface area contributed by atoms with Crippen LogP contribution in [-0.2, 0) is 14.3 Å². The first-order valence-electron chi connectivity index (χ1n) is 8.04. The van der Waals surface area contributed by atoms with Crippen molar-refractivity contribution in [2.75, 3.05) is 6.61 Å². The Labute approximate surface area is 151 Å². The Morgan fingerprint density at radius 2 is 1.92 bits per heavy atom. The number of esters is 1. The van der Waals surface area contributed by atoms with E-state index in [1.807, 2.05) is 26.0 Å². The molecule has 1 saturated heterocycles. The fourth-order valence-electron chi connectivity index (χ4n) is 2.28. The molecule has 1 aromatic carbocycles. The molecular formula is C18H21NO5S. The molecule has 1 aliphatic rings. The first kappa shape index (κ1) is 19.1. The molecule has 25 heavy (non-hydrogen) atoms. The summed E-state index contributed by atoms with van der Waals surface area (Å²) < 4.78 is 10.6. The molecule has 1 aromatic rings. The number of imide groups is 1. The highest BCUT2D eigenvalue weighted by atomic mass is 32.2. The Hall–Kier alpha value is -2.28. The molecule has 1 aliphatic heterocycles. The molecule has 1 unspecified atom stereocenters. The molecule has 2 rings (SSSR count). The van der Waals surface area contributed by atoms with E-state index in [1.54, 1.807) is 25.1 Å². The predicted octanol–water partition coefficient (Wildman–Crippen LogP) is 3.46. The summed E-state index contributed by atoms with van der Waals surface area (Å²) in [5, 5.41) is -0.487. The molecule has 0 N–H and O–H groups in total. The molecule has 0 bridgehead atoms. The van der Waals surface area contributed by atoms with E-state index >= 15 is 0 Å². The van der Waals surface area contributed by atoms with Gasteiger partial charge in [0.25, 0.3) is 11.1 Å². The number of benzene rings is 1. The summed E-state index contributed by atoms with van der Waals surface area (Å²) >= 11 is 0.803. The number of hydrogen-bond donors (Lipinski definition) is 0. The van der Waals surface area contributed by atoms with Gasteiger partial charge in [0.2, 0.25) is 0 Å². The van der Waals surface area contributed by atoms with E-state index in [-0.39, 0.29) is 17.6 Å². The molecule has 0 aliphatic carbocycles. The second-order valence-corrected chi connectivity index (χ2v) is 6.68. The Bertz CT molecular complexity index is 713. The number of carbonyl (C=O) groups excluding carboxylic acids is 3. The monoisotopic (exact) mass is 363 g/mol. The van der Waals surface area contributed by atoms with Crippen LogP contribution in [-0.4, -0.2) is 40.8 Å². The second kappa shape index (κ2) is 8.20. The molecule has 0 spiro atoms. The van der Waals surface area contributed by atoms with E-state index in [2.05, 4.69) is 0 Å². The summed E-state index contributed by atoms with van der Waals surface area (Å²) in [6.07, 6.45) is 1.59. The predicted molar refractivity (Wildman–Crippen MR) is 96.1 cm³/mol. The lowest BCUT2D eigenvalue weighted by molar-refractivity contribution is -0.150. The number of hydrogen-bond acceptors (Lipinski definition) is 6. The largest absolute Gasteiger partial charge is 0.490 e. The van der Waals surface area contributed by atoms with Crippen molar-refractivity contribution < 1.29 is 23.9 Å². The molecule has 1 atom stereocenters. The van der Waals surface area contributed by atoms with Gasteiger partial charge in [-0.2, -0.15) is 0 Å². The normalized spacial score (nSPS) is 17.3.